The maximum Gasteiger partial charge on any atom is 0.420 e. The number of nitrogens with zero attached hydrogens (tertiary/aromatic N) is 1. The molecule has 1 atom stereocenters. The maximum absolute atomic E-state index is 14.1. The summed E-state index contributed by atoms with van der Waals surface area (Å²) in [6.45, 7) is 8.57. The zero-order valence-electron chi connectivity index (χ0n) is 16.9. The molecule has 162 valence electrons. The number of rotatable bonds is 3. The van der Waals surface area contributed by atoms with Crippen LogP contribution >= 0.6 is 11.6 Å². The van der Waals surface area contributed by atoms with Crippen molar-refractivity contribution >= 4 is 30.1 Å². The molecular weight excluding hydrogens is 415 g/mol. The Morgan fingerprint density at radius 3 is 1.79 bits per heavy atom. The number of alkyl halides is 3. The van der Waals surface area contributed by atoms with Crippen LogP contribution in [0.1, 0.15) is 63.5 Å². The van der Waals surface area contributed by atoms with Crippen molar-refractivity contribution in [3.05, 3.63) is 34.3 Å². The predicted molar refractivity (Wildman–Crippen MR) is 99.9 cm³/mol. The molecule has 0 heterocycles. The van der Waals surface area contributed by atoms with Gasteiger partial charge in [0, 0.05) is 10.6 Å². The van der Waals surface area contributed by atoms with Crippen molar-refractivity contribution in [3.63, 3.8) is 0 Å². The fourth-order valence-electron chi connectivity index (χ4n) is 2.26. The van der Waals surface area contributed by atoms with E-state index in [1.807, 2.05) is 0 Å². The van der Waals surface area contributed by atoms with Gasteiger partial charge in [0.15, 0.2) is 6.04 Å². The van der Waals surface area contributed by atoms with Crippen LogP contribution in [0, 0.1) is 0 Å². The quantitative estimate of drug-likeness (QED) is 0.548. The van der Waals surface area contributed by atoms with Crippen molar-refractivity contribution in [2.45, 2.75) is 65.0 Å². The highest BCUT2D eigenvalue weighted by Gasteiger charge is 2.52. The molecule has 0 aliphatic rings. The summed E-state index contributed by atoms with van der Waals surface area (Å²) in [5, 5.41) is -0.117. The predicted octanol–water partition coefficient (Wildman–Crippen LogP) is 5.93. The lowest BCUT2D eigenvalue weighted by molar-refractivity contribution is -0.180. The third-order valence-electron chi connectivity index (χ3n) is 3.22. The molecule has 0 aliphatic carbocycles. The van der Waals surface area contributed by atoms with Crippen LogP contribution in [0.3, 0.4) is 0 Å². The lowest BCUT2D eigenvalue weighted by atomic mass is 9.99. The summed E-state index contributed by atoms with van der Waals surface area (Å²) in [4.78, 5) is 36.4. The summed E-state index contributed by atoms with van der Waals surface area (Å²) in [5.74, 6) is 0. The maximum atomic E-state index is 14.1. The molecule has 29 heavy (non-hydrogen) atoms. The number of hydrogen-bond donors (Lipinski definition) is 0. The number of aldehydes is 1. The molecule has 0 N–H and O–H groups in total. The molecule has 0 aliphatic heterocycles. The van der Waals surface area contributed by atoms with Crippen LogP contribution in [0.15, 0.2) is 18.2 Å². The molecule has 1 rings (SSSR count). The minimum absolute atomic E-state index is 0.117. The van der Waals surface area contributed by atoms with Gasteiger partial charge in [-0.05, 0) is 65.3 Å². The van der Waals surface area contributed by atoms with Gasteiger partial charge < -0.3 is 9.47 Å². The number of amides is 2. The smallest absolute Gasteiger partial charge is 0.420 e. The highest BCUT2D eigenvalue weighted by atomic mass is 35.5. The van der Waals surface area contributed by atoms with E-state index >= 15 is 0 Å². The number of carbonyl (C=O) groups excluding carboxylic acids is 3. The molecule has 0 bridgehead atoms. The summed E-state index contributed by atoms with van der Waals surface area (Å²) < 4.78 is 52.2. The van der Waals surface area contributed by atoms with Gasteiger partial charge in [0.1, 0.15) is 17.5 Å². The molecule has 0 spiro atoms. The Kier molecular flexibility index (Phi) is 7.34. The van der Waals surface area contributed by atoms with Gasteiger partial charge in [-0.1, -0.05) is 11.6 Å². The highest BCUT2D eigenvalue weighted by Crippen LogP contribution is 2.41. The number of ether oxygens (including phenoxy) is 2. The summed E-state index contributed by atoms with van der Waals surface area (Å²) in [6, 6.07) is 0.288. The summed E-state index contributed by atoms with van der Waals surface area (Å²) in [5.41, 5.74) is -3.48. The first-order chi connectivity index (χ1) is 13.0. The fraction of sp³-hybridized carbons (Fsp3) is 0.526. The van der Waals surface area contributed by atoms with E-state index in [2.05, 4.69) is 0 Å². The number of carbonyl (C=O) groups is 3. The lowest BCUT2D eigenvalue weighted by Crippen LogP contribution is -2.49. The van der Waals surface area contributed by atoms with E-state index in [9.17, 15) is 27.6 Å². The van der Waals surface area contributed by atoms with Crippen LogP contribution in [-0.2, 0) is 9.47 Å². The van der Waals surface area contributed by atoms with Gasteiger partial charge in [-0.25, -0.2) is 9.59 Å². The molecule has 1 unspecified atom stereocenters. The van der Waals surface area contributed by atoms with Crippen molar-refractivity contribution < 1.29 is 37.0 Å². The van der Waals surface area contributed by atoms with Crippen molar-refractivity contribution in [2.24, 2.45) is 0 Å². The van der Waals surface area contributed by atoms with Gasteiger partial charge in [0.2, 0.25) is 0 Å². The van der Waals surface area contributed by atoms with E-state index in [1.54, 1.807) is 0 Å². The molecule has 0 radical (unpaired) electrons. The van der Waals surface area contributed by atoms with Crippen LogP contribution in [0.4, 0.5) is 22.8 Å². The third kappa shape index (κ3) is 7.23. The minimum Gasteiger partial charge on any atom is -0.443 e. The summed E-state index contributed by atoms with van der Waals surface area (Å²) >= 11 is 5.81. The van der Waals surface area contributed by atoms with Gasteiger partial charge in [0.25, 0.3) is 0 Å². The number of hydrogen-bond acceptors (Lipinski definition) is 5. The van der Waals surface area contributed by atoms with Gasteiger partial charge in [-0.2, -0.15) is 18.1 Å². The van der Waals surface area contributed by atoms with Crippen molar-refractivity contribution in [2.75, 3.05) is 0 Å². The average molecular weight is 438 g/mol. The van der Waals surface area contributed by atoms with E-state index in [-0.39, 0.29) is 16.2 Å². The fourth-order valence-corrected chi connectivity index (χ4v) is 2.44. The molecular formula is C19H23ClF3NO5. The van der Waals surface area contributed by atoms with Crippen LogP contribution in [0.2, 0.25) is 5.02 Å². The van der Waals surface area contributed by atoms with Gasteiger partial charge in [-0.3, -0.25) is 4.79 Å². The Hall–Kier alpha value is -2.29. The summed E-state index contributed by atoms with van der Waals surface area (Å²) in [7, 11) is 0. The van der Waals surface area contributed by atoms with Crippen LogP contribution < -0.4 is 0 Å². The molecule has 0 aromatic heterocycles. The molecule has 1 aromatic carbocycles. The second-order valence-corrected chi connectivity index (χ2v) is 8.60. The Balaban J connectivity index is 3.69. The second kappa shape index (κ2) is 8.61. The lowest BCUT2D eigenvalue weighted by Gasteiger charge is -2.34. The van der Waals surface area contributed by atoms with E-state index in [0.717, 1.165) is 12.1 Å². The molecule has 2 amide bonds. The number of imide groups is 1. The second-order valence-electron chi connectivity index (χ2n) is 8.17. The SMILES string of the molecule is CC(C)(C)OC(=O)N(C(=O)OC(C)(C)C)C(c1cc(Cl)ccc1C=O)C(F)(F)F. The van der Waals surface area contributed by atoms with E-state index < -0.39 is 46.7 Å². The van der Waals surface area contributed by atoms with E-state index in [4.69, 9.17) is 21.1 Å². The zero-order valence-corrected chi connectivity index (χ0v) is 17.6. The molecule has 10 heteroatoms. The van der Waals surface area contributed by atoms with Gasteiger partial charge in [0.05, 0.1) is 0 Å². The molecule has 1 aromatic rings. The first kappa shape index (κ1) is 24.7. The normalized spacial score (nSPS) is 13.4. The van der Waals surface area contributed by atoms with Crippen molar-refractivity contribution in [1.29, 1.82) is 0 Å². The average Bonchev–Trinajstić information content (AvgIpc) is 2.47. The Morgan fingerprint density at radius 1 is 1.00 bits per heavy atom. The summed E-state index contributed by atoms with van der Waals surface area (Å²) in [6.07, 6.45) is -8.14. The number of halogens is 4. The topological polar surface area (TPSA) is 72.9 Å². The molecule has 0 fully saturated rings. The van der Waals surface area contributed by atoms with E-state index in [0.29, 0.717) is 0 Å². The number of benzene rings is 1. The molecule has 6 nitrogen and oxygen atoms in total. The standard InChI is InChI=1S/C19H23ClF3NO5/c1-17(2,3)28-15(26)24(16(27)29-18(4,5)6)14(19(21,22)23)13-9-12(20)8-7-11(13)10-25/h7-10,14H,1-6H3. The first-order valence-electron chi connectivity index (χ1n) is 8.53. The Labute approximate surface area is 171 Å². The van der Waals surface area contributed by atoms with Crippen molar-refractivity contribution in [1.82, 2.24) is 4.90 Å². The van der Waals surface area contributed by atoms with Crippen LogP contribution in [0.25, 0.3) is 0 Å². The van der Waals surface area contributed by atoms with Crippen molar-refractivity contribution in [3.8, 4) is 0 Å². The Bertz CT molecular complexity index is 754. The highest BCUT2D eigenvalue weighted by molar-refractivity contribution is 6.30. The monoisotopic (exact) mass is 437 g/mol. The van der Waals surface area contributed by atoms with Gasteiger partial charge in [-0.15, -0.1) is 0 Å². The largest absolute Gasteiger partial charge is 0.443 e. The van der Waals surface area contributed by atoms with Gasteiger partial charge >= 0.3 is 18.4 Å². The molecule has 0 saturated carbocycles. The van der Waals surface area contributed by atoms with Crippen LogP contribution in [-0.4, -0.2) is 40.8 Å². The minimum atomic E-state index is -5.16. The first-order valence-corrected chi connectivity index (χ1v) is 8.90. The van der Waals surface area contributed by atoms with E-state index in [1.165, 1.54) is 47.6 Å². The Morgan fingerprint density at radius 2 is 1.45 bits per heavy atom. The third-order valence-corrected chi connectivity index (χ3v) is 3.45. The zero-order chi connectivity index (χ0) is 22.8. The van der Waals surface area contributed by atoms with Crippen LogP contribution in [0.5, 0.6) is 0 Å². The molecule has 0 saturated heterocycles.